The zero-order chi connectivity index (χ0) is 18.2. The summed E-state index contributed by atoms with van der Waals surface area (Å²) in [6.07, 6.45) is 13.7. The minimum Gasteiger partial charge on any atom is -0.370 e. The van der Waals surface area contributed by atoms with Gasteiger partial charge in [-0.3, -0.25) is 9.67 Å². The molecule has 154 valence electrons. The average Bonchev–Trinajstić information content (AvgIpc) is 3.12. The molecule has 0 aromatic carbocycles. The number of nitrogens with one attached hydrogen (secondary N) is 1. The van der Waals surface area contributed by atoms with Crippen molar-refractivity contribution in [2.24, 2.45) is 18.0 Å². The smallest absolute Gasteiger partial charge is 0.194 e. The molecule has 27 heavy (non-hydrogen) atoms. The van der Waals surface area contributed by atoms with E-state index in [1.807, 2.05) is 24.1 Å². The van der Waals surface area contributed by atoms with Crippen LogP contribution in [-0.4, -0.2) is 53.4 Å². The topological polar surface area (TPSA) is 54.7 Å². The first-order valence-electron chi connectivity index (χ1n) is 10.4. The minimum atomic E-state index is 0. The Bertz CT molecular complexity index is 570. The molecule has 1 N–H and O–H groups in total. The van der Waals surface area contributed by atoms with Gasteiger partial charge in [-0.15, -0.1) is 24.0 Å². The predicted molar refractivity (Wildman–Crippen MR) is 121 cm³/mol. The van der Waals surface area contributed by atoms with Crippen LogP contribution >= 0.6 is 24.0 Å². The molecule has 2 heterocycles. The summed E-state index contributed by atoms with van der Waals surface area (Å²) in [5.74, 6) is 1.98. The van der Waals surface area contributed by atoms with E-state index >= 15 is 0 Å². The lowest BCUT2D eigenvalue weighted by atomic mass is 9.86. The molecular formula is C20H36IN5O. The lowest BCUT2D eigenvalue weighted by Gasteiger charge is -2.34. The van der Waals surface area contributed by atoms with Gasteiger partial charge in [-0.25, -0.2) is 0 Å². The zero-order valence-electron chi connectivity index (χ0n) is 16.9. The van der Waals surface area contributed by atoms with E-state index in [0.717, 1.165) is 50.2 Å². The maximum atomic E-state index is 5.96. The van der Waals surface area contributed by atoms with E-state index < -0.39 is 0 Å². The highest BCUT2D eigenvalue weighted by Gasteiger charge is 2.25. The molecule has 2 aliphatic rings. The van der Waals surface area contributed by atoms with Crippen molar-refractivity contribution in [3.8, 4) is 0 Å². The van der Waals surface area contributed by atoms with Crippen LogP contribution < -0.4 is 5.32 Å². The molecule has 0 bridgehead atoms. The maximum Gasteiger partial charge on any atom is 0.194 e. The fraction of sp³-hybridized carbons (Fsp3) is 0.800. The molecule has 1 saturated carbocycles. The van der Waals surface area contributed by atoms with E-state index in [-0.39, 0.29) is 30.1 Å². The second-order valence-corrected chi connectivity index (χ2v) is 7.63. The summed E-state index contributed by atoms with van der Waals surface area (Å²) in [4.78, 5) is 7.25. The molecule has 1 aliphatic carbocycles. The largest absolute Gasteiger partial charge is 0.370 e. The van der Waals surface area contributed by atoms with Crippen molar-refractivity contribution in [1.82, 2.24) is 20.0 Å². The van der Waals surface area contributed by atoms with E-state index in [0.29, 0.717) is 0 Å². The molecule has 2 fully saturated rings. The quantitative estimate of drug-likeness (QED) is 0.286. The zero-order valence-corrected chi connectivity index (χ0v) is 19.2. The van der Waals surface area contributed by atoms with E-state index in [9.17, 15) is 0 Å². The van der Waals surface area contributed by atoms with Crippen molar-refractivity contribution in [1.29, 1.82) is 0 Å². The van der Waals surface area contributed by atoms with Crippen molar-refractivity contribution in [2.45, 2.75) is 58.0 Å². The first-order chi connectivity index (χ1) is 12.8. The standard InChI is InChI=1S/C20H35N5O.HI/c1-3-21-20(22-11-7-10-17-8-5-4-6-9-17)25-12-13-26-19(16-25)18-14-23-24(2)15-18;/h14-15,17,19H,3-13,16H2,1-2H3,(H,21,22);1H. The fourth-order valence-electron chi connectivity index (χ4n) is 4.12. The van der Waals surface area contributed by atoms with Crippen molar-refractivity contribution in [2.75, 3.05) is 32.8 Å². The Morgan fingerprint density at radius 1 is 1.33 bits per heavy atom. The number of ether oxygens (including phenoxy) is 1. The number of halogens is 1. The second-order valence-electron chi connectivity index (χ2n) is 7.63. The Labute approximate surface area is 181 Å². The Kier molecular flexibility index (Phi) is 9.89. The monoisotopic (exact) mass is 489 g/mol. The summed E-state index contributed by atoms with van der Waals surface area (Å²) in [7, 11) is 1.95. The lowest BCUT2D eigenvalue weighted by molar-refractivity contribution is -0.00804. The van der Waals surface area contributed by atoms with Gasteiger partial charge in [0.2, 0.25) is 0 Å². The molecule has 1 unspecified atom stereocenters. The van der Waals surface area contributed by atoms with Crippen molar-refractivity contribution < 1.29 is 4.74 Å². The van der Waals surface area contributed by atoms with Gasteiger partial charge in [-0.1, -0.05) is 32.1 Å². The molecule has 3 rings (SSSR count). The number of aryl methyl sites for hydroxylation is 1. The SMILES string of the molecule is CCNC(=NCCCC1CCCCC1)N1CCOC(c2cnn(C)c2)C1.I. The molecule has 0 radical (unpaired) electrons. The Balaban J connectivity index is 0.00000261. The van der Waals surface area contributed by atoms with Crippen LogP contribution in [0.1, 0.15) is 63.5 Å². The van der Waals surface area contributed by atoms with Gasteiger partial charge in [-0.05, 0) is 25.7 Å². The number of guanidine groups is 1. The molecular weight excluding hydrogens is 453 g/mol. The highest BCUT2D eigenvalue weighted by atomic mass is 127. The summed E-state index contributed by atoms with van der Waals surface area (Å²) >= 11 is 0. The van der Waals surface area contributed by atoms with Crippen LogP contribution in [0.25, 0.3) is 0 Å². The number of hydrogen-bond acceptors (Lipinski definition) is 3. The maximum absolute atomic E-state index is 5.96. The van der Waals surface area contributed by atoms with Gasteiger partial charge in [0.05, 0.1) is 19.3 Å². The Morgan fingerprint density at radius 2 is 2.15 bits per heavy atom. The Morgan fingerprint density at radius 3 is 2.85 bits per heavy atom. The van der Waals surface area contributed by atoms with Crippen LogP contribution in [0.5, 0.6) is 0 Å². The number of aliphatic imine (C=N–C) groups is 1. The first kappa shape index (κ1) is 22.5. The summed E-state index contributed by atoms with van der Waals surface area (Å²) in [5, 5.41) is 7.74. The van der Waals surface area contributed by atoms with Crippen molar-refractivity contribution >= 4 is 29.9 Å². The van der Waals surface area contributed by atoms with Gasteiger partial charge in [0.1, 0.15) is 6.10 Å². The van der Waals surface area contributed by atoms with Gasteiger partial charge in [-0.2, -0.15) is 5.10 Å². The summed E-state index contributed by atoms with van der Waals surface area (Å²) in [6, 6.07) is 0. The molecule has 1 saturated heterocycles. The van der Waals surface area contributed by atoms with Crippen LogP contribution in [0, 0.1) is 5.92 Å². The highest BCUT2D eigenvalue weighted by molar-refractivity contribution is 14.0. The fourth-order valence-corrected chi connectivity index (χ4v) is 4.12. The first-order valence-corrected chi connectivity index (χ1v) is 10.4. The van der Waals surface area contributed by atoms with Crippen molar-refractivity contribution in [3.63, 3.8) is 0 Å². The molecule has 1 aromatic heterocycles. The normalized spacial score (nSPS) is 21.8. The molecule has 1 atom stereocenters. The van der Waals surface area contributed by atoms with Gasteiger partial charge >= 0.3 is 0 Å². The van der Waals surface area contributed by atoms with E-state index in [1.54, 1.807) is 0 Å². The van der Waals surface area contributed by atoms with Crippen LogP contribution in [0.3, 0.4) is 0 Å². The molecule has 1 aliphatic heterocycles. The van der Waals surface area contributed by atoms with Gasteiger partial charge in [0, 0.05) is 38.4 Å². The lowest BCUT2D eigenvalue weighted by Crippen LogP contribution is -2.48. The number of morpholine rings is 1. The Hall–Kier alpha value is -0.830. The van der Waals surface area contributed by atoms with Crippen LogP contribution in [-0.2, 0) is 11.8 Å². The minimum absolute atomic E-state index is 0. The summed E-state index contributed by atoms with van der Waals surface area (Å²) in [6.45, 7) is 6.41. The van der Waals surface area contributed by atoms with Gasteiger partial charge in [0.25, 0.3) is 0 Å². The third-order valence-electron chi connectivity index (χ3n) is 5.55. The molecule has 0 spiro atoms. The van der Waals surface area contributed by atoms with E-state index in [1.165, 1.54) is 44.9 Å². The van der Waals surface area contributed by atoms with Gasteiger partial charge < -0.3 is 15.0 Å². The third-order valence-corrected chi connectivity index (χ3v) is 5.55. The van der Waals surface area contributed by atoms with Crippen molar-refractivity contribution in [3.05, 3.63) is 18.0 Å². The van der Waals surface area contributed by atoms with E-state index in [2.05, 4.69) is 22.2 Å². The molecule has 0 amide bonds. The summed E-state index contributed by atoms with van der Waals surface area (Å²) < 4.78 is 7.80. The predicted octanol–water partition coefficient (Wildman–Crippen LogP) is 3.74. The van der Waals surface area contributed by atoms with Crippen LogP contribution in [0.4, 0.5) is 0 Å². The third kappa shape index (κ3) is 6.93. The summed E-state index contributed by atoms with van der Waals surface area (Å²) in [5.41, 5.74) is 1.14. The second kappa shape index (κ2) is 11.9. The van der Waals surface area contributed by atoms with Crippen LogP contribution in [0.2, 0.25) is 0 Å². The van der Waals surface area contributed by atoms with Crippen LogP contribution in [0.15, 0.2) is 17.4 Å². The molecule has 7 heteroatoms. The van der Waals surface area contributed by atoms with E-state index in [4.69, 9.17) is 9.73 Å². The average molecular weight is 489 g/mol. The van der Waals surface area contributed by atoms with Gasteiger partial charge in [0.15, 0.2) is 5.96 Å². The highest BCUT2D eigenvalue weighted by Crippen LogP contribution is 2.27. The number of aromatic nitrogens is 2. The molecule has 6 nitrogen and oxygen atoms in total. The number of rotatable bonds is 6. The number of nitrogens with zero attached hydrogens (tertiary/aromatic N) is 4. The molecule has 1 aromatic rings. The number of hydrogen-bond donors (Lipinski definition) is 1.